The number of hydrogen-bond donors (Lipinski definition) is 30. The Hall–Kier alpha value is -12.8. The molecule has 0 saturated carbocycles. The van der Waals surface area contributed by atoms with Crippen molar-refractivity contribution < 1.29 is 101 Å². The number of rotatable bonds is 62. The van der Waals surface area contributed by atoms with Gasteiger partial charge in [-0.2, -0.15) is 12.6 Å². The maximum Gasteiger partial charge on any atom is 0.326 e. The van der Waals surface area contributed by atoms with Crippen LogP contribution in [0.4, 0.5) is 0 Å². The third kappa shape index (κ3) is 44.6. The number of amides is 17. The molecular weight excluding hydrogens is 1690 g/mol. The Bertz CT molecular complexity index is 3960. The topological polar surface area (TPSA) is 840 Å². The number of carboxylic acid groups (broad SMARTS) is 2. The molecule has 0 aromatic heterocycles. The number of likely N-dealkylation sites (tertiary alicyclic amines) is 1. The van der Waals surface area contributed by atoms with E-state index in [1.54, 1.807) is 58.0 Å². The maximum atomic E-state index is 14.9. The molecule has 14 atom stereocenters. The van der Waals surface area contributed by atoms with Gasteiger partial charge in [-0.05, 0) is 140 Å². The summed E-state index contributed by atoms with van der Waals surface area (Å²) in [6.45, 7) is 7.30. The largest absolute Gasteiger partial charge is 0.481 e. The minimum Gasteiger partial charge on any atom is -0.481 e. The lowest BCUT2D eigenvalue weighted by Crippen LogP contribution is -2.61. The fourth-order valence-corrected chi connectivity index (χ4v) is 13.2. The molecule has 0 unspecified atom stereocenters. The molecule has 1 saturated heterocycles. The smallest absolute Gasteiger partial charge is 0.326 e. The Morgan fingerprint density at radius 1 is 0.433 bits per heavy atom. The predicted octanol–water partition coefficient (Wildman–Crippen LogP) is -9.20. The van der Waals surface area contributed by atoms with Crippen molar-refractivity contribution in [3.63, 3.8) is 0 Å². The zero-order valence-electron chi connectivity index (χ0n) is 72.1. The molecule has 127 heavy (non-hydrogen) atoms. The summed E-state index contributed by atoms with van der Waals surface area (Å²) in [5, 5.41) is 81.4. The molecule has 1 heterocycles. The van der Waals surface area contributed by atoms with Gasteiger partial charge in [0.2, 0.25) is 100 Å². The number of carbonyl (C=O) groups excluding carboxylic acids is 17. The van der Waals surface area contributed by atoms with Gasteiger partial charge in [-0.3, -0.25) is 103 Å². The van der Waals surface area contributed by atoms with Crippen molar-refractivity contribution in [1.82, 2.24) is 90.0 Å². The Balaban J connectivity index is 2.46. The van der Waals surface area contributed by atoms with Crippen LogP contribution in [-0.4, -0.2) is 275 Å². The zero-order valence-corrected chi connectivity index (χ0v) is 73.0. The van der Waals surface area contributed by atoms with Gasteiger partial charge >= 0.3 is 11.9 Å². The lowest BCUT2D eigenvalue weighted by molar-refractivity contribution is -0.143. The molecule has 0 bridgehead atoms. The number of nitrogens with zero attached hydrogens (tertiary/aromatic N) is 1. The average molecular weight is 1820 g/mol. The van der Waals surface area contributed by atoms with Crippen molar-refractivity contribution in [1.29, 1.82) is 16.2 Å². The third-order valence-corrected chi connectivity index (χ3v) is 19.9. The van der Waals surface area contributed by atoms with Crippen molar-refractivity contribution in [3.05, 3.63) is 35.9 Å². The molecule has 1 aliphatic heterocycles. The second-order valence-corrected chi connectivity index (χ2v) is 31.7. The van der Waals surface area contributed by atoms with E-state index in [4.69, 9.17) is 62.1 Å². The summed E-state index contributed by atoms with van der Waals surface area (Å²) >= 11 is 4.17. The summed E-state index contributed by atoms with van der Waals surface area (Å²) in [7, 11) is 0. The number of guanidine groups is 3. The van der Waals surface area contributed by atoms with Crippen LogP contribution in [0.25, 0.3) is 0 Å². The van der Waals surface area contributed by atoms with Crippen LogP contribution < -0.4 is 131 Å². The second-order valence-electron chi connectivity index (χ2n) is 31.3. The van der Waals surface area contributed by atoms with Gasteiger partial charge in [0.1, 0.15) is 78.5 Å². The van der Waals surface area contributed by atoms with Crippen LogP contribution in [0.1, 0.15) is 169 Å². The quantitative estimate of drug-likeness (QED) is 0.0125. The van der Waals surface area contributed by atoms with E-state index < -0.39 is 272 Å². The van der Waals surface area contributed by atoms with Crippen LogP contribution in [0.5, 0.6) is 0 Å². The molecule has 1 aromatic carbocycles. The van der Waals surface area contributed by atoms with Crippen LogP contribution in [0.15, 0.2) is 30.3 Å². The second kappa shape index (κ2) is 58.4. The van der Waals surface area contributed by atoms with E-state index in [9.17, 15) is 101 Å². The van der Waals surface area contributed by atoms with Crippen molar-refractivity contribution >= 4 is 143 Å². The minimum atomic E-state index is -1.92. The van der Waals surface area contributed by atoms with Crippen LogP contribution in [0, 0.1) is 28.1 Å². The standard InChI is InChI=1S/C77H130N28O21S/c1-39(2)33-51(70(121)101-50(74(125)126)20-13-31-91-77(87)88)94-59(109)37-92-63(114)54(38-127)104-69(120)47(22-25-56(80)106)98-68(119)48(23-26-57(81)107)100-72(123)55-21-14-32-105(55)73(124)53(34-40(3)4)103-71(122)52(36-58(82)108)102-67(118)45(18-11-29-89-75(83)84)95-61(112)41(5)93-64(115)49(24-27-60(110)111)99-66(117)46(19-12-30-90-76(85)86)97-65(116)44(17-9-10-28-78)96-62(113)43(79)35-42-15-7-6-8-16-42/h6-8,15-16,39-41,43-55,127H,9-14,17-38,78-79H2,1-5H3,(H2,80,106)(H2,81,107)(H2,82,108)(H,92,114)(H,93,115)(H,94,109)(H,95,112)(H,96,113)(H,97,116)(H,98,119)(H,99,117)(H,100,123)(H,101,121)(H,102,118)(H,103,122)(H,104,120)(H,110,111)(H,125,126)(H4,83,84,89)(H4,85,86,90)(H4,87,88,91)/t41-,43-,44-,45-,46-,47-,48-,49-,50-,51-,52-,53-,54-,55-/m0/s1. The number of nitrogens with one attached hydrogen (secondary N) is 19. The van der Waals surface area contributed by atoms with Gasteiger partial charge in [0.25, 0.3) is 0 Å². The summed E-state index contributed by atoms with van der Waals surface area (Å²) in [4.78, 5) is 260. The fourth-order valence-electron chi connectivity index (χ4n) is 12.9. The molecule has 1 aliphatic rings. The lowest BCUT2D eigenvalue weighted by atomic mass is 10.0. The Morgan fingerprint density at radius 3 is 1.28 bits per heavy atom. The number of carboxylic acids is 2. The summed E-state index contributed by atoms with van der Waals surface area (Å²) in [5.74, 6) is -22.3. The van der Waals surface area contributed by atoms with E-state index in [1.165, 1.54) is 0 Å². The number of hydrogen-bond acceptors (Lipinski definition) is 25. The zero-order chi connectivity index (χ0) is 95.7. The van der Waals surface area contributed by atoms with Crippen LogP contribution in [-0.2, 0) is 97.5 Å². The summed E-state index contributed by atoms with van der Waals surface area (Å²) in [6, 6.07) is -12.7. The monoisotopic (exact) mass is 1810 g/mol. The van der Waals surface area contributed by atoms with Gasteiger partial charge in [0.05, 0.1) is 19.0 Å². The Labute approximate surface area is 739 Å². The number of unbranched alkanes of at least 4 members (excludes halogenated alkanes) is 1. The molecular formula is C77H130N28O21S. The van der Waals surface area contributed by atoms with E-state index in [1.807, 2.05) is 0 Å². The number of nitrogens with two attached hydrogens (primary N) is 8. The Kier molecular flexibility index (Phi) is 50.7. The highest BCUT2D eigenvalue weighted by Crippen LogP contribution is 2.22. The van der Waals surface area contributed by atoms with Gasteiger partial charge in [-0.1, -0.05) is 58.0 Å². The third-order valence-electron chi connectivity index (χ3n) is 19.5. The highest BCUT2D eigenvalue weighted by molar-refractivity contribution is 7.80. The number of carbonyl (C=O) groups is 19. The van der Waals surface area contributed by atoms with Gasteiger partial charge < -0.3 is 146 Å². The van der Waals surface area contributed by atoms with E-state index in [0.29, 0.717) is 12.8 Å². The number of benzene rings is 1. The highest BCUT2D eigenvalue weighted by atomic mass is 32.1. The first kappa shape index (κ1) is 110. The molecule has 2 rings (SSSR count). The van der Waals surface area contributed by atoms with Crippen LogP contribution >= 0.6 is 12.6 Å². The minimum absolute atomic E-state index is 0.0111. The number of aliphatic carboxylic acids is 2. The van der Waals surface area contributed by atoms with Crippen LogP contribution in [0.3, 0.4) is 0 Å². The molecule has 0 aliphatic carbocycles. The first-order valence-corrected chi connectivity index (χ1v) is 42.3. The molecule has 37 N–H and O–H groups in total. The fraction of sp³-hybridized carbons (Fsp3) is 0.636. The van der Waals surface area contributed by atoms with E-state index >= 15 is 0 Å². The van der Waals surface area contributed by atoms with Gasteiger partial charge in [0.15, 0.2) is 17.9 Å². The van der Waals surface area contributed by atoms with Crippen molar-refractivity contribution in [3.8, 4) is 0 Å². The first-order chi connectivity index (χ1) is 59.8. The first-order valence-electron chi connectivity index (χ1n) is 41.6. The van der Waals surface area contributed by atoms with Crippen molar-refractivity contribution in [2.45, 2.75) is 254 Å². The van der Waals surface area contributed by atoms with E-state index in [0.717, 1.165) is 17.4 Å². The van der Waals surface area contributed by atoms with Gasteiger partial charge in [-0.25, -0.2) is 4.79 Å². The molecule has 0 spiro atoms. The molecule has 50 heteroatoms. The lowest BCUT2D eigenvalue weighted by Gasteiger charge is -2.31. The molecule has 1 fully saturated rings. The maximum absolute atomic E-state index is 14.9. The number of thiol groups is 1. The molecule has 49 nitrogen and oxygen atoms in total. The van der Waals surface area contributed by atoms with Crippen molar-refractivity contribution in [2.24, 2.45) is 57.7 Å². The SMILES string of the molecule is CC(C)C[C@H](NC(=O)CNC(=O)[C@H](CS)NC(=O)[C@H](CCC(N)=O)NC(=O)[C@H](CCC(N)=O)NC(=O)[C@@H]1CCCN1C(=O)[C@H](CC(C)C)NC(=O)[C@H](CC(N)=O)NC(=O)[C@H](CCCNC(=N)N)NC(=O)[C@H](C)NC(=O)[C@H](CCC(=O)O)NC(=O)[C@H](CCCNC(=N)N)NC(=O)[C@H](CCCCN)NC(=O)[C@@H](N)Cc1ccccc1)C(=O)N[C@@H](CCCNC(=N)N)C(=O)O. The molecule has 710 valence electrons. The molecule has 0 radical (unpaired) electrons. The van der Waals surface area contributed by atoms with Crippen LogP contribution in [0.2, 0.25) is 0 Å². The molecule has 1 aromatic rings. The highest BCUT2D eigenvalue weighted by Gasteiger charge is 2.42. The van der Waals surface area contributed by atoms with E-state index in [2.05, 4.69) is 97.7 Å². The molecule has 17 amide bonds. The van der Waals surface area contributed by atoms with Gasteiger partial charge in [0, 0.05) is 51.2 Å². The summed E-state index contributed by atoms with van der Waals surface area (Å²) in [6.07, 6.45) is -3.94. The normalized spacial score (nSPS) is 15.3. The predicted molar refractivity (Wildman–Crippen MR) is 463 cm³/mol. The average Bonchev–Trinajstić information content (AvgIpc) is 1.70. The van der Waals surface area contributed by atoms with Gasteiger partial charge in [-0.15, -0.1) is 0 Å². The number of primary amides is 3. The summed E-state index contributed by atoms with van der Waals surface area (Å²) < 4.78 is 0. The summed E-state index contributed by atoms with van der Waals surface area (Å²) in [5.41, 5.74) is 45.5. The Morgan fingerprint density at radius 2 is 0.827 bits per heavy atom. The van der Waals surface area contributed by atoms with Crippen molar-refractivity contribution in [2.75, 3.05) is 45.0 Å². The van der Waals surface area contributed by atoms with E-state index in [-0.39, 0.29) is 122 Å².